The quantitative estimate of drug-likeness (QED) is 0.259. The van der Waals surface area contributed by atoms with E-state index in [2.05, 4.69) is 34.2 Å². The van der Waals surface area contributed by atoms with Crippen molar-refractivity contribution in [2.45, 2.75) is 45.3 Å². The monoisotopic (exact) mass is 541 g/mol. The second kappa shape index (κ2) is 12.0. The summed E-state index contributed by atoms with van der Waals surface area (Å²) >= 11 is 0. The van der Waals surface area contributed by atoms with Gasteiger partial charge in [-0.1, -0.05) is 24.3 Å². The minimum atomic E-state index is 0. The van der Waals surface area contributed by atoms with Crippen LogP contribution in [0.1, 0.15) is 37.3 Å². The lowest BCUT2D eigenvalue weighted by Gasteiger charge is -2.32. The molecule has 31 heavy (non-hydrogen) atoms. The Morgan fingerprint density at radius 1 is 1.13 bits per heavy atom. The van der Waals surface area contributed by atoms with Crippen LogP contribution in [-0.4, -0.2) is 85.1 Å². The highest BCUT2D eigenvalue weighted by Gasteiger charge is 2.30. The van der Waals surface area contributed by atoms with Crippen LogP contribution >= 0.6 is 24.0 Å². The van der Waals surface area contributed by atoms with Gasteiger partial charge in [0.1, 0.15) is 0 Å². The molecule has 7 nitrogen and oxygen atoms in total. The molecule has 0 radical (unpaired) electrons. The van der Waals surface area contributed by atoms with Gasteiger partial charge in [0.15, 0.2) is 5.96 Å². The number of fused-ring (bicyclic) bond motifs is 1. The first kappa shape index (κ1) is 24.3. The Morgan fingerprint density at radius 2 is 1.84 bits per heavy atom. The Morgan fingerprint density at radius 3 is 2.52 bits per heavy atom. The number of hydrogen-bond donors (Lipinski definition) is 1. The third-order valence-corrected chi connectivity index (χ3v) is 6.36. The number of benzene rings is 1. The van der Waals surface area contributed by atoms with E-state index in [1.165, 1.54) is 17.5 Å². The maximum Gasteiger partial charge on any atom is 0.223 e. The number of carbonyl (C=O) groups is 1. The molecule has 0 spiro atoms. The molecule has 1 unspecified atom stereocenters. The average molecular weight is 541 g/mol. The Bertz CT molecular complexity index is 728. The molecule has 1 aromatic rings. The number of ether oxygens (including phenoxy) is 1. The van der Waals surface area contributed by atoms with E-state index >= 15 is 0 Å². The van der Waals surface area contributed by atoms with Gasteiger partial charge in [-0.3, -0.25) is 14.7 Å². The minimum absolute atomic E-state index is 0. The molecule has 0 aromatic heterocycles. The van der Waals surface area contributed by atoms with Gasteiger partial charge in [0.05, 0.1) is 13.2 Å². The first-order chi connectivity index (χ1) is 14.7. The SMILES string of the molecule is CCNC(=NCCCC(=O)N1Cc2ccccc2C1)N1CCC(N2CCOCC2)C1.I. The molecule has 172 valence electrons. The Labute approximate surface area is 203 Å². The lowest BCUT2D eigenvalue weighted by molar-refractivity contribution is -0.131. The number of amides is 1. The molecule has 3 aliphatic rings. The van der Waals surface area contributed by atoms with E-state index in [1.807, 2.05) is 17.0 Å². The number of rotatable bonds is 6. The van der Waals surface area contributed by atoms with Gasteiger partial charge in [0.2, 0.25) is 5.91 Å². The zero-order valence-electron chi connectivity index (χ0n) is 18.6. The lowest BCUT2D eigenvalue weighted by atomic mass is 10.1. The van der Waals surface area contributed by atoms with Crippen LogP contribution in [-0.2, 0) is 22.6 Å². The fourth-order valence-corrected chi connectivity index (χ4v) is 4.68. The third-order valence-electron chi connectivity index (χ3n) is 6.36. The molecule has 0 bridgehead atoms. The molecular formula is C23H36IN5O2. The Hall–Kier alpha value is -1.39. The number of guanidine groups is 1. The zero-order valence-corrected chi connectivity index (χ0v) is 20.9. The highest BCUT2D eigenvalue weighted by atomic mass is 127. The van der Waals surface area contributed by atoms with Gasteiger partial charge in [-0.2, -0.15) is 0 Å². The van der Waals surface area contributed by atoms with Crippen LogP contribution in [0.4, 0.5) is 0 Å². The number of nitrogens with zero attached hydrogens (tertiary/aromatic N) is 4. The summed E-state index contributed by atoms with van der Waals surface area (Å²) in [4.78, 5) is 24.3. The molecule has 3 heterocycles. The van der Waals surface area contributed by atoms with Crippen LogP contribution in [0.3, 0.4) is 0 Å². The number of nitrogens with one attached hydrogen (secondary N) is 1. The molecule has 2 saturated heterocycles. The number of hydrogen-bond acceptors (Lipinski definition) is 4. The van der Waals surface area contributed by atoms with Crippen molar-refractivity contribution in [1.82, 2.24) is 20.0 Å². The molecular weight excluding hydrogens is 505 g/mol. The lowest BCUT2D eigenvalue weighted by Crippen LogP contribution is -2.46. The standard InChI is InChI=1S/C23H35N5O2.HI/c1-2-24-23(27-11-9-21(18-27)26-12-14-30-15-13-26)25-10-5-8-22(29)28-16-19-6-3-4-7-20(19)17-28;/h3-4,6-7,21H,2,5,8-18H2,1H3,(H,24,25);1H. The van der Waals surface area contributed by atoms with Crippen molar-refractivity contribution in [2.75, 3.05) is 52.5 Å². The molecule has 1 aromatic carbocycles. The molecule has 8 heteroatoms. The van der Waals surface area contributed by atoms with Crippen LogP contribution in [0, 0.1) is 0 Å². The fraction of sp³-hybridized carbons (Fsp3) is 0.652. The topological polar surface area (TPSA) is 60.4 Å². The number of likely N-dealkylation sites (tertiary alicyclic amines) is 1. The van der Waals surface area contributed by atoms with E-state index in [1.54, 1.807) is 0 Å². The normalized spacial score (nSPS) is 21.7. The molecule has 1 atom stereocenters. The van der Waals surface area contributed by atoms with E-state index < -0.39 is 0 Å². The second-order valence-electron chi connectivity index (χ2n) is 8.39. The van der Waals surface area contributed by atoms with Crippen molar-refractivity contribution >= 4 is 35.8 Å². The maximum absolute atomic E-state index is 12.6. The first-order valence-corrected chi connectivity index (χ1v) is 11.4. The van der Waals surface area contributed by atoms with Crippen LogP contribution in [0.5, 0.6) is 0 Å². The van der Waals surface area contributed by atoms with Gasteiger partial charge in [0.25, 0.3) is 0 Å². The van der Waals surface area contributed by atoms with Crippen molar-refractivity contribution in [3.63, 3.8) is 0 Å². The van der Waals surface area contributed by atoms with E-state index in [4.69, 9.17) is 9.73 Å². The summed E-state index contributed by atoms with van der Waals surface area (Å²) in [6, 6.07) is 8.93. The number of halogens is 1. The first-order valence-electron chi connectivity index (χ1n) is 11.4. The van der Waals surface area contributed by atoms with Crippen LogP contribution in [0.25, 0.3) is 0 Å². The van der Waals surface area contributed by atoms with Gasteiger partial charge in [0, 0.05) is 64.8 Å². The number of morpholine rings is 1. The predicted octanol–water partition coefficient (Wildman–Crippen LogP) is 2.30. The minimum Gasteiger partial charge on any atom is -0.379 e. The van der Waals surface area contributed by atoms with Gasteiger partial charge in [-0.25, -0.2) is 0 Å². The maximum atomic E-state index is 12.6. The van der Waals surface area contributed by atoms with Crippen LogP contribution < -0.4 is 5.32 Å². The zero-order chi connectivity index (χ0) is 20.8. The molecule has 1 N–H and O–H groups in total. The van der Waals surface area contributed by atoms with Crippen LogP contribution in [0.2, 0.25) is 0 Å². The summed E-state index contributed by atoms with van der Waals surface area (Å²) < 4.78 is 5.49. The van der Waals surface area contributed by atoms with Crippen molar-refractivity contribution in [1.29, 1.82) is 0 Å². The molecule has 0 aliphatic carbocycles. The fourth-order valence-electron chi connectivity index (χ4n) is 4.68. The molecule has 0 saturated carbocycles. The Balaban J connectivity index is 0.00000272. The van der Waals surface area contributed by atoms with Crippen molar-refractivity contribution in [3.8, 4) is 0 Å². The molecule has 3 aliphatic heterocycles. The van der Waals surface area contributed by atoms with E-state index in [-0.39, 0.29) is 29.9 Å². The van der Waals surface area contributed by atoms with E-state index in [0.29, 0.717) is 19.0 Å². The van der Waals surface area contributed by atoms with Crippen molar-refractivity contribution in [2.24, 2.45) is 4.99 Å². The molecule has 4 rings (SSSR count). The van der Waals surface area contributed by atoms with Gasteiger partial charge in [-0.15, -0.1) is 24.0 Å². The van der Waals surface area contributed by atoms with E-state index in [9.17, 15) is 4.79 Å². The number of aliphatic imine (C=N–C) groups is 1. The largest absolute Gasteiger partial charge is 0.379 e. The summed E-state index contributed by atoms with van der Waals surface area (Å²) in [5.41, 5.74) is 2.56. The second-order valence-corrected chi connectivity index (χ2v) is 8.39. The summed E-state index contributed by atoms with van der Waals surface area (Å²) in [5.74, 6) is 1.23. The highest BCUT2D eigenvalue weighted by Crippen LogP contribution is 2.23. The summed E-state index contributed by atoms with van der Waals surface area (Å²) in [6.45, 7) is 11.0. The molecule has 2 fully saturated rings. The summed E-state index contributed by atoms with van der Waals surface area (Å²) in [7, 11) is 0. The van der Waals surface area contributed by atoms with Crippen LogP contribution in [0.15, 0.2) is 29.3 Å². The van der Waals surface area contributed by atoms with Gasteiger partial charge >= 0.3 is 0 Å². The summed E-state index contributed by atoms with van der Waals surface area (Å²) in [5, 5.41) is 3.44. The third kappa shape index (κ3) is 6.32. The van der Waals surface area contributed by atoms with Gasteiger partial charge < -0.3 is 19.9 Å². The summed E-state index contributed by atoms with van der Waals surface area (Å²) in [6.07, 6.45) is 2.53. The van der Waals surface area contributed by atoms with E-state index in [0.717, 1.165) is 71.4 Å². The number of carbonyl (C=O) groups excluding carboxylic acids is 1. The highest BCUT2D eigenvalue weighted by molar-refractivity contribution is 14.0. The van der Waals surface area contributed by atoms with Crippen molar-refractivity contribution in [3.05, 3.63) is 35.4 Å². The molecule has 1 amide bonds. The van der Waals surface area contributed by atoms with Crippen molar-refractivity contribution < 1.29 is 9.53 Å². The average Bonchev–Trinajstić information content (AvgIpc) is 3.44. The Kier molecular flexibility index (Phi) is 9.40. The van der Waals surface area contributed by atoms with Gasteiger partial charge in [-0.05, 0) is 30.9 Å². The smallest absolute Gasteiger partial charge is 0.223 e. The predicted molar refractivity (Wildman–Crippen MR) is 134 cm³/mol.